The molecule has 0 radical (unpaired) electrons. The van der Waals surface area contributed by atoms with Gasteiger partial charge >= 0.3 is 5.97 Å². The highest BCUT2D eigenvalue weighted by atomic mass is 35.5. The van der Waals surface area contributed by atoms with Crippen molar-refractivity contribution in [3.63, 3.8) is 0 Å². The SMILES string of the molecule is COc1cc(NC(=O)c2ccccc2Cl)ccc1C(=O)N1CCCC(CC(=O)O)c2cc(Cl)ccc21. The number of benzene rings is 3. The Morgan fingerprint density at radius 3 is 2.56 bits per heavy atom. The third-order valence-corrected chi connectivity index (χ3v) is 6.69. The van der Waals surface area contributed by atoms with Crippen molar-refractivity contribution in [1.82, 2.24) is 0 Å². The first-order valence-electron chi connectivity index (χ1n) is 11.4. The number of nitrogens with zero attached hydrogens (tertiary/aromatic N) is 1. The van der Waals surface area contributed by atoms with Crippen molar-refractivity contribution in [2.75, 3.05) is 23.9 Å². The van der Waals surface area contributed by atoms with E-state index in [4.69, 9.17) is 27.9 Å². The third kappa shape index (κ3) is 5.48. The Balaban J connectivity index is 1.64. The van der Waals surface area contributed by atoms with E-state index < -0.39 is 5.97 Å². The minimum atomic E-state index is -0.901. The molecule has 9 heteroatoms. The van der Waals surface area contributed by atoms with E-state index in [-0.39, 0.29) is 24.2 Å². The molecular formula is C27H24Cl2N2O5. The molecule has 0 spiro atoms. The van der Waals surface area contributed by atoms with E-state index in [1.54, 1.807) is 65.6 Å². The number of carboxylic acid groups (broad SMARTS) is 1. The lowest BCUT2D eigenvalue weighted by molar-refractivity contribution is -0.137. The normalized spacial score (nSPS) is 15.0. The molecule has 186 valence electrons. The molecule has 0 fully saturated rings. The van der Waals surface area contributed by atoms with Crippen molar-refractivity contribution in [2.24, 2.45) is 0 Å². The monoisotopic (exact) mass is 526 g/mol. The number of fused-ring (bicyclic) bond motifs is 1. The van der Waals surface area contributed by atoms with Gasteiger partial charge in [0.1, 0.15) is 5.75 Å². The van der Waals surface area contributed by atoms with Crippen molar-refractivity contribution in [3.8, 4) is 5.75 Å². The fraction of sp³-hybridized carbons (Fsp3) is 0.222. The second-order valence-corrected chi connectivity index (χ2v) is 9.29. The van der Waals surface area contributed by atoms with E-state index in [9.17, 15) is 19.5 Å². The molecule has 2 amide bonds. The van der Waals surface area contributed by atoms with E-state index in [1.807, 2.05) is 0 Å². The summed E-state index contributed by atoms with van der Waals surface area (Å²) in [6.45, 7) is 0.414. The predicted octanol–water partition coefficient (Wildman–Crippen LogP) is 6.25. The molecule has 1 unspecified atom stereocenters. The van der Waals surface area contributed by atoms with Crippen molar-refractivity contribution < 1.29 is 24.2 Å². The van der Waals surface area contributed by atoms with Crippen LogP contribution >= 0.6 is 23.2 Å². The molecule has 0 bridgehead atoms. The molecular weight excluding hydrogens is 503 g/mol. The number of halogens is 2. The fourth-order valence-electron chi connectivity index (χ4n) is 4.44. The van der Waals surface area contributed by atoms with Gasteiger partial charge in [-0.15, -0.1) is 0 Å². The number of hydrogen-bond acceptors (Lipinski definition) is 4. The molecule has 0 saturated carbocycles. The average Bonchev–Trinajstić information content (AvgIpc) is 3.02. The number of aliphatic carboxylic acids is 1. The van der Waals surface area contributed by atoms with Crippen molar-refractivity contribution >= 4 is 52.4 Å². The molecule has 3 aromatic carbocycles. The topological polar surface area (TPSA) is 95.9 Å². The van der Waals surface area contributed by atoms with Crippen LogP contribution in [-0.4, -0.2) is 36.5 Å². The maximum absolute atomic E-state index is 13.7. The number of rotatable bonds is 6. The minimum Gasteiger partial charge on any atom is -0.496 e. The summed E-state index contributed by atoms with van der Waals surface area (Å²) in [5, 5.41) is 13.0. The summed E-state index contributed by atoms with van der Waals surface area (Å²) in [4.78, 5) is 39.4. The second kappa shape index (κ2) is 11.0. The lowest BCUT2D eigenvalue weighted by Crippen LogP contribution is -2.32. The highest BCUT2D eigenvalue weighted by Crippen LogP contribution is 2.39. The molecule has 36 heavy (non-hydrogen) atoms. The van der Waals surface area contributed by atoms with E-state index in [2.05, 4.69) is 5.32 Å². The van der Waals surface area contributed by atoms with Crippen LogP contribution in [0.1, 0.15) is 51.5 Å². The van der Waals surface area contributed by atoms with Crippen molar-refractivity contribution in [3.05, 3.63) is 87.4 Å². The summed E-state index contributed by atoms with van der Waals surface area (Å²) in [6.07, 6.45) is 1.20. The number of anilines is 2. The smallest absolute Gasteiger partial charge is 0.303 e. The van der Waals surface area contributed by atoms with Crippen LogP contribution in [0.3, 0.4) is 0 Å². The summed E-state index contributed by atoms with van der Waals surface area (Å²) in [7, 11) is 1.45. The van der Waals surface area contributed by atoms with E-state index in [1.165, 1.54) is 7.11 Å². The van der Waals surface area contributed by atoms with Gasteiger partial charge in [-0.2, -0.15) is 0 Å². The van der Waals surface area contributed by atoms with Crippen LogP contribution in [-0.2, 0) is 4.79 Å². The lowest BCUT2D eigenvalue weighted by Gasteiger charge is -2.25. The number of ether oxygens (including phenoxy) is 1. The molecule has 1 aliphatic rings. The van der Waals surface area contributed by atoms with Crippen LogP contribution in [0.2, 0.25) is 10.0 Å². The van der Waals surface area contributed by atoms with Crippen LogP contribution in [0.4, 0.5) is 11.4 Å². The average molecular weight is 527 g/mol. The maximum Gasteiger partial charge on any atom is 0.303 e. The Morgan fingerprint density at radius 2 is 1.83 bits per heavy atom. The molecule has 2 N–H and O–H groups in total. The Labute approximate surface area is 218 Å². The van der Waals surface area contributed by atoms with E-state index >= 15 is 0 Å². The molecule has 0 aromatic heterocycles. The van der Waals surface area contributed by atoms with Gasteiger partial charge in [0.15, 0.2) is 0 Å². The van der Waals surface area contributed by atoms with Gasteiger partial charge < -0.3 is 20.1 Å². The molecule has 3 aromatic rings. The zero-order chi connectivity index (χ0) is 25.8. The lowest BCUT2D eigenvalue weighted by atomic mass is 9.91. The molecule has 4 rings (SSSR count). The number of methoxy groups -OCH3 is 1. The first kappa shape index (κ1) is 25.5. The first-order valence-corrected chi connectivity index (χ1v) is 12.1. The van der Waals surface area contributed by atoms with Crippen LogP contribution in [0.15, 0.2) is 60.7 Å². The van der Waals surface area contributed by atoms with Crippen LogP contribution in [0.25, 0.3) is 0 Å². The molecule has 0 saturated heterocycles. The summed E-state index contributed by atoms with van der Waals surface area (Å²) in [6, 6.07) is 16.7. The number of carboxylic acids is 1. The highest BCUT2D eigenvalue weighted by molar-refractivity contribution is 6.34. The Hall–Kier alpha value is -3.55. The van der Waals surface area contributed by atoms with Gasteiger partial charge in [-0.25, -0.2) is 0 Å². The highest BCUT2D eigenvalue weighted by Gasteiger charge is 2.30. The summed E-state index contributed by atoms with van der Waals surface area (Å²) in [5.41, 5.74) is 2.45. The first-order chi connectivity index (χ1) is 17.3. The Kier molecular flexibility index (Phi) is 7.82. The second-order valence-electron chi connectivity index (χ2n) is 8.45. The van der Waals surface area contributed by atoms with E-state index in [0.717, 1.165) is 5.56 Å². The van der Waals surface area contributed by atoms with Gasteiger partial charge in [0.05, 0.1) is 29.7 Å². The third-order valence-electron chi connectivity index (χ3n) is 6.13. The summed E-state index contributed by atoms with van der Waals surface area (Å²) in [5.74, 6) is -1.54. The maximum atomic E-state index is 13.7. The zero-order valence-corrected chi connectivity index (χ0v) is 21.0. The number of carbonyl (C=O) groups is 3. The standard InChI is InChI=1S/C27H24Cl2N2O5/c1-36-24-15-18(30-26(34)19-6-2-3-7-22(19)29)9-10-20(24)27(35)31-12-4-5-16(13-25(32)33)21-14-17(28)8-11-23(21)31/h2-3,6-11,14-16H,4-5,12-13H2,1H3,(H,30,34)(H,32,33). The molecule has 1 aliphatic heterocycles. The molecule has 0 aliphatic carbocycles. The van der Waals surface area contributed by atoms with Gasteiger partial charge in [0.2, 0.25) is 0 Å². The number of amides is 2. The molecule has 1 atom stereocenters. The quantitative estimate of drug-likeness (QED) is 0.395. The van der Waals surface area contributed by atoms with Crippen LogP contribution < -0.4 is 15.0 Å². The predicted molar refractivity (Wildman–Crippen MR) is 140 cm³/mol. The van der Waals surface area contributed by atoms with Gasteiger partial charge in [-0.05, 0) is 66.8 Å². The van der Waals surface area contributed by atoms with Gasteiger partial charge in [0, 0.05) is 29.0 Å². The minimum absolute atomic E-state index is 0.0431. The van der Waals surface area contributed by atoms with Crippen LogP contribution in [0.5, 0.6) is 5.75 Å². The Morgan fingerprint density at radius 1 is 1.06 bits per heavy atom. The van der Waals surface area contributed by atoms with Gasteiger partial charge in [-0.3, -0.25) is 14.4 Å². The zero-order valence-electron chi connectivity index (χ0n) is 19.5. The number of hydrogen-bond donors (Lipinski definition) is 2. The van der Waals surface area contributed by atoms with Crippen molar-refractivity contribution in [1.29, 1.82) is 0 Å². The largest absolute Gasteiger partial charge is 0.496 e. The van der Waals surface area contributed by atoms with Gasteiger partial charge in [-0.1, -0.05) is 35.3 Å². The molecule has 1 heterocycles. The number of nitrogens with one attached hydrogen (secondary N) is 1. The summed E-state index contributed by atoms with van der Waals surface area (Å²) >= 11 is 12.3. The fourth-order valence-corrected chi connectivity index (χ4v) is 4.84. The molecule has 7 nitrogen and oxygen atoms in total. The summed E-state index contributed by atoms with van der Waals surface area (Å²) < 4.78 is 5.50. The van der Waals surface area contributed by atoms with Crippen LogP contribution in [0, 0.1) is 0 Å². The van der Waals surface area contributed by atoms with Crippen molar-refractivity contribution in [2.45, 2.75) is 25.2 Å². The number of carbonyl (C=O) groups excluding carboxylic acids is 2. The van der Waals surface area contributed by atoms with Gasteiger partial charge in [0.25, 0.3) is 11.8 Å². The Bertz CT molecular complexity index is 1330. The van der Waals surface area contributed by atoms with E-state index in [0.29, 0.717) is 57.7 Å².